The highest BCUT2D eigenvalue weighted by Gasteiger charge is 2.37. The van der Waals surface area contributed by atoms with E-state index in [0.29, 0.717) is 0 Å². The van der Waals surface area contributed by atoms with Crippen LogP contribution in [0.25, 0.3) is 0 Å². The second-order valence-corrected chi connectivity index (χ2v) is 5.23. The van der Waals surface area contributed by atoms with Gasteiger partial charge in [-0.1, -0.05) is 47.0 Å². The largest absolute Gasteiger partial charge is 0.0628 e. The van der Waals surface area contributed by atoms with Gasteiger partial charge in [-0.15, -0.1) is 0 Å². The van der Waals surface area contributed by atoms with Crippen molar-refractivity contribution < 1.29 is 0 Å². The minimum absolute atomic E-state index is 0.904. The smallest absolute Gasteiger partial charge is 0.0360 e. The molecular weight excluding hydrogens is 144 g/mol. The molecule has 0 N–H and O–H groups in total. The molecule has 0 aliphatic heterocycles. The average molecular weight is 168 g/mol. The fourth-order valence-corrected chi connectivity index (χ4v) is 2.21. The van der Waals surface area contributed by atoms with Crippen molar-refractivity contribution in [3.05, 3.63) is 0 Å². The first-order chi connectivity index (χ1) is 5.61. The molecule has 0 bridgehead atoms. The molecular formula is C12H24. The molecule has 1 saturated carbocycles. The summed E-state index contributed by atoms with van der Waals surface area (Å²) in [7, 11) is 0. The average Bonchev–Trinajstić information content (AvgIpc) is 2.66. The fourth-order valence-electron chi connectivity index (χ4n) is 2.21. The summed E-state index contributed by atoms with van der Waals surface area (Å²) < 4.78 is 0. The van der Waals surface area contributed by atoms with Crippen LogP contribution < -0.4 is 0 Å². The van der Waals surface area contributed by atoms with Gasteiger partial charge >= 0.3 is 0 Å². The number of hydrogen-bond donors (Lipinski definition) is 0. The molecule has 1 rings (SSSR count). The van der Waals surface area contributed by atoms with Crippen molar-refractivity contribution in [1.29, 1.82) is 0 Å². The van der Waals surface area contributed by atoms with Crippen LogP contribution in [0, 0.1) is 23.7 Å². The first-order valence-corrected chi connectivity index (χ1v) is 5.61. The second-order valence-electron chi connectivity index (χ2n) is 5.23. The van der Waals surface area contributed by atoms with Crippen molar-refractivity contribution in [2.24, 2.45) is 23.7 Å². The first-order valence-electron chi connectivity index (χ1n) is 5.61. The van der Waals surface area contributed by atoms with Gasteiger partial charge in [0.05, 0.1) is 0 Å². The van der Waals surface area contributed by atoms with E-state index in [2.05, 4.69) is 27.7 Å². The Labute approximate surface area is 77.7 Å². The zero-order chi connectivity index (χ0) is 9.14. The van der Waals surface area contributed by atoms with Crippen LogP contribution in [-0.2, 0) is 0 Å². The molecule has 0 aromatic heterocycles. The molecule has 2 atom stereocenters. The minimum Gasteiger partial charge on any atom is -0.0628 e. The molecule has 72 valence electrons. The van der Waals surface area contributed by atoms with E-state index in [-0.39, 0.29) is 0 Å². The molecule has 1 fully saturated rings. The van der Waals surface area contributed by atoms with Gasteiger partial charge < -0.3 is 0 Å². The molecule has 0 saturated heterocycles. The van der Waals surface area contributed by atoms with Crippen LogP contribution >= 0.6 is 0 Å². The van der Waals surface area contributed by atoms with E-state index in [4.69, 9.17) is 0 Å². The molecule has 0 unspecified atom stereocenters. The molecule has 0 amide bonds. The van der Waals surface area contributed by atoms with Gasteiger partial charge in [0.1, 0.15) is 0 Å². The zero-order valence-electron chi connectivity index (χ0n) is 9.14. The normalized spacial score (nSPS) is 28.5. The van der Waals surface area contributed by atoms with E-state index >= 15 is 0 Å². The maximum atomic E-state index is 2.37. The highest BCUT2D eigenvalue weighted by Crippen LogP contribution is 2.47. The summed E-state index contributed by atoms with van der Waals surface area (Å²) in [5, 5.41) is 0. The quantitative estimate of drug-likeness (QED) is 0.579. The third kappa shape index (κ3) is 3.16. The van der Waals surface area contributed by atoms with E-state index in [0.717, 1.165) is 23.7 Å². The van der Waals surface area contributed by atoms with Crippen molar-refractivity contribution >= 4 is 0 Å². The van der Waals surface area contributed by atoms with Gasteiger partial charge in [0.25, 0.3) is 0 Å². The maximum absolute atomic E-state index is 2.37. The Morgan fingerprint density at radius 3 is 2.25 bits per heavy atom. The van der Waals surface area contributed by atoms with E-state index in [1.54, 1.807) is 0 Å². The van der Waals surface area contributed by atoms with E-state index in [1.165, 1.54) is 25.7 Å². The molecule has 0 heteroatoms. The molecule has 0 spiro atoms. The predicted octanol–water partition coefficient (Wildman–Crippen LogP) is 4.10. The Morgan fingerprint density at radius 2 is 1.83 bits per heavy atom. The highest BCUT2D eigenvalue weighted by atomic mass is 14.4. The van der Waals surface area contributed by atoms with Crippen LogP contribution in [0.3, 0.4) is 0 Å². The van der Waals surface area contributed by atoms with Crippen molar-refractivity contribution in [2.75, 3.05) is 0 Å². The molecule has 0 radical (unpaired) electrons. The number of hydrogen-bond acceptors (Lipinski definition) is 0. The molecule has 0 nitrogen and oxygen atoms in total. The Kier molecular flexibility index (Phi) is 3.61. The Hall–Kier alpha value is 0. The third-order valence-corrected chi connectivity index (χ3v) is 3.19. The van der Waals surface area contributed by atoms with Crippen molar-refractivity contribution in [2.45, 2.75) is 53.4 Å². The molecule has 1 aliphatic rings. The van der Waals surface area contributed by atoms with Gasteiger partial charge in [0.2, 0.25) is 0 Å². The van der Waals surface area contributed by atoms with Crippen LogP contribution in [0.4, 0.5) is 0 Å². The Bertz CT molecular complexity index is 124. The summed E-state index contributed by atoms with van der Waals surface area (Å²) in [6, 6.07) is 0. The molecule has 1 aliphatic carbocycles. The van der Waals surface area contributed by atoms with Crippen LogP contribution in [0.15, 0.2) is 0 Å². The lowest BCUT2D eigenvalue weighted by Crippen LogP contribution is -1.94. The number of rotatable bonds is 5. The maximum Gasteiger partial charge on any atom is -0.0360 e. The fraction of sp³-hybridized carbons (Fsp3) is 1.00. The lowest BCUT2D eigenvalue weighted by atomic mass is 10.0. The predicted molar refractivity (Wildman–Crippen MR) is 55.1 cm³/mol. The van der Waals surface area contributed by atoms with Crippen molar-refractivity contribution in [3.63, 3.8) is 0 Å². The molecule has 0 aromatic rings. The summed E-state index contributed by atoms with van der Waals surface area (Å²) >= 11 is 0. The van der Waals surface area contributed by atoms with Gasteiger partial charge in [-0.2, -0.15) is 0 Å². The summed E-state index contributed by atoms with van der Waals surface area (Å²) in [4.78, 5) is 0. The van der Waals surface area contributed by atoms with E-state index < -0.39 is 0 Å². The van der Waals surface area contributed by atoms with E-state index in [1.807, 2.05) is 0 Å². The van der Waals surface area contributed by atoms with Gasteiger partial charge in [-0.3, -0.25) is 0 Å². The summed E-state index contributed by atoms with van der Waals surface area (Å²) in [6.07, 6.45) is 5.92. The third-order valence-electron chi connectivity index (χ3n) is 3.19. The zero-order valence-corrected chi connectivity index (χ0v) is 9.14. The van der Waals surface area contributed by atoms with Crippen LogP contribution in [0.5, 0.6) is 0 Å². The monoisotopic (exact) mass is 168 g/mol. The van der Waals surface area contributed by atoms with E-state index in [9.17, 15) is 0 Å². The Balaban J connectivity index is 1.97. The lowest BCUT2D eigenvalue weighted by Gasteiger charge is -2.05. The van der Waals surface area contributed by atoms with Crippen molar-refractivity contribution in [3.8, 4) is 0 Å². The van der Waals surface area contributed by atoms with Gasteiger partial charge in [-0.25, -0.2) is 0 Å². The topological polar surface area (TPSA) is 0 Å². The summed E-state index contributed by atoms with van der Waals surface area (Å²) in [5.74, 6) is 4.02. The minimum atomic E-state index is 0.904. The lowest BCUT2D eigenvalue weighted by molar-refractivity contribution is 0.467. The van der Waals surface area contributed by atoms with Gasteiger partial charge in [-0.05, 0) is 30.1 Å². The van der Waals surface area contributed by atoms with Gasteiger partial charge in [0, 0.05) is 0 Å². The first kappa shape index (κ1) is 10.1. The summed E-state index contributed by atoms with van der Waals surface area (Å²) in [5.41, 5.74) is 0. The second kappa shape index (κ2) is 4.30. The van der Waals surface area contributed by atoms with Crippen LogP contribution in [-0.4, -0.2) is 0 Å². The molecule has 0 heterocycles. The van der Waals surface area contributed by atoms with Crippen molar-refractivity contribution in [1.82, 2.24) is 0 Å². The standard InChI is InChI=1S/C12H24/c1-9(2)6-5-7-11-8-12(11)10(3)4/h9-12H,5-8H2,1-4H3/t11-,12+/m1/s1. The summed E-state index contributed by atoms with van der Waals surface area (Å²) in [6.45, 7) is 9.39. The highest BCUT2D eigenvalue weighted by molar-refractivity contribution is 4.87. The SMILES string of the molecule is CC(C)CCC[C@@H]1C[C@H]1C(C)C. The van der Waals surface area contributed by atoms with Crippen LogP contribution in [0.1, 0.15) is 53.4 Å². The molecule has 0 aromatic carbocycles. The van der Waals surface area contributed by atoms with Gasteiger partial charge in [0.15, 0.2) is 0 Å². The molecule has 12 heavy (non-hydrogen) atoms. The van der Waals surface area contributed by atoms with Crippen LogP contribution in [0.2, 0.25) is 0 Å². The Morgan fingerprint density at radius 1 is 1.17 bits per heavy atom.